The molecule has 3 rings (SSSR count). The van der Waals surface area contributed by atoms with Gasteiger partial charge in [0.15, 0.2) is 0 Å². The second-order valence-electron chi connectivity index (χ2n) is 5.96. The molecular weight excluding hydrogens is 394 g/mol. The Hall–Kier alpha value is -3.66. The summed E-state index contributed by atoms with van der Waals surface area (Å²) in [6, 6.07) is 12.5. The number of hydrogen-bond acceptors (Lipinski definition) is 7. The molecule has 1 heterocycles. The van der Waals surface area contributed by atoms with Gasteiger partial charge in [-0.25, -0.2) is 0 Å². The van der Waals surface area contributed by atoms with Crippen LogP contribution in [0.3, 0.4) is 0 Å². The second kappa shape index (κ2) is 9.02. The van der Waals surface area contributed by atoms with E-state index in [1.807, 2.05) is 6.92 Å². The van der Waals surface area contributed by atoms with Gasteiger partial charge in [0.1, 0.15) is 5.01 Å². The lowest BCUT2D eigenvalue weighted by Gasteiger charge is -2.10. The van der Waals surface area contributed by atoms with Crippen molar-refractivity contribution < 1.29 is 14.5 Å². The lowest BCUT2D eigenvalue weighted by Crippen LogP contribution is -2.19. The van der Waals surface area contributed by atoms with Gasteiger partial charge in [-0.05, 0) is 18.6 Å². The number of para-hydroxylation sites is 2. The number of carbonyl (C=O) groups excluding carboxylic acids is 2. The molecule has 9 nitrogen and oxygen atoms in total. The zero-order valence-corrected chi connectivity index (χ0v) is 16.2. The number of nitro benzene ring substituents is 1. The van der Waals surface area contributed by atoms with Crippen LogP contribution < -0.4 is 10.6 Å². The van der Waals surface area contributed by atoms with Gasteiger partial charge in [-0.2, -0.15) is 0 Å². The highest BCUT2D eigenvalue weighted by atomic mass is 32.1. The van der Waals surface area contributed by atoms with E-state index in [1.165, 1.54) is 29.5 Å². The lowest BCUT2D eigenvalue weighted by molar-refractivity contribution is -0.385. The second-order valence-corrected chi connectivity index (χ2v) is 7.03. The van der Waals surface area contributed by atoms with Crippen molar-refractivity contribution in [2.45, 2.75) is 19.8 Å². The molecule has 0 spiro atoms. The Kier molecular flexibility index (Phi) is 6.25. The molecule has 0 atom stereocenters. The van der Waals surface area contributed by atoms with Crippen molar-refractivity contribution >= 4 is 39.7 Å². The molecule has 3 aromatic rings. The van der Waals surface area contributed by atoms with E-state index in [9.17, 15) is 19.7 Å². The molecule has 0 aliphatic carbocycles. The number of benzene rings is 2. The van der Waals surface area contributed by atoms with Crippen molar-refractivity contribution in [3.8, 4) is 0 Å². The summed E-state index contributed by atoms with van der Waals surface area (Å²) in [4.78, 5) is 35.6. The number of nitro groups is 1. The molecule has 0 aliphatic rings. The number of aromatic nitrogens is 2. The van der Waals surface area contributed by atoms with Crippen LogP contribution in [0, 0.1) is 10.1 Å². The normalized spacial score (nSPS) is 10.4. The van der Waals surface area contributed by atoms with Gasteiger partial charge in [0.05, 0.1) is 22.6 Å². The minimum Gasteiger partial charge on any atom is -0.325 e. The largest absolute Gasteiger partial charge is 0.325 e. The Morgan fingerprint density at radius 3 is 2.52 bits per heavy atom. The number of amides is 2. The van der Waals surface area contributed by atoms with E-state index in [-0.39, 0.29) is 23.2 Å². The van der Waals surface area contributed by atoms with Crippen molar-refractivity contribution in [1.29, 1.82) is 0 Å². The van der Waals surface area contributed by atoms with Crippen LogP contribution >= 0.6 is 11.3 Å². The summed E-state index contributed by atoms with van der Waals surface area (Å²) in [6.07, 6.45) is 0.523. The van der Waals surface area contributed by atoms with Gasteiger partial charge in [0.25, 0.3) is 11.6 Å². The number of nitrogens with zero attached hydrogens (tertiary/aromatic N) is 3. The molecule has 0 saturated carbocycles. The van der Waals surface area contributed by atoms with Gasteiger partial charge >= 0.3 is 0 Å². The molecule has 0 radical (unpaired) electrons. The summed E-state index contributed by atoms with van der Waals surface area (Å²) in [5, 5.41) is 25.5. The van der Waals surface area contributed by atoms with E-state index in [0.29, 0.717) is 17.2 Å². The summed E-state index contributed by atoms with van der Waals surface area (Å²) < 4.78 is 0. The number of nitrogens with one attached hydrogen (secondary N) is 2. The van der Waals surface area contributed by atoms with Crippen LogP contribution in [-0.4, -0.2) is 26.9 Å². The van der Waals surface area contributed by atoms with Gasteiger partial charge in [0, 0.05) is 11.6 Å². The average molecular weight is 411 g/mol. The molecule has 0 aliphatic heterocycles. The van der Waals surface area contributed by atoms with Crippen molar-refractivity contribution in [2.24, 2.45) is 0 Å². The van der Waals surface area contributed by atoms with E-state index in [1.54, 1.807) is 30.3 Å². The van der Waals surface area contributed by atoms with Crippen LogP contribution in [-0.2, 0) is 17.6 Å². The van der Waals surface area contributed by atoms with Crippen LogP contribution in [0.25, 0.3) is 0 Å². The van der Waals surface area contributed by atoms with Crippen LogP contribution in [0.5, 0.6) is 0 Å². The van der Waals surface area contributed by atoms with E-state index >= 15 is 0 Å². The molecule has 10 heteroatoms. The third kappa shape index (κ3) is 4.99. The van der Waals surface area contributed by atoms with Crippen LogP contribution in [0.15, 0.2) is 48.5 Å². The maximum Gasteiger partial charge on any atom is 0.273 e. The quantitative estimate of drug-likeness (QED) is 0.453. The number of hydrogen-bond donors (Lipinski definition) is 2. The predicted octanol–water partition coefficient (Wildman–Crippen LogP) is 3.44. The molecule has 0 unspecified atom stereocenters. The van der Waals surface area contributed by atoms with Gasteiger partial charge in [0.2, 0.25) is 11.0 Å². The van der Waals surface area contributed by atoms with E-state index in [0.717, 1.165) is 5.01 Å². The molecule has 2 N–H and O–H groups in total. The fourth-order valence-electron chi connectivity index (χ4n) is 2.61. The Labute approximate surface area is 169 Å². The van der Waals surface area contributed by atoms with E-state index < -0.39 is 16.7 Å². The zero-order chi connectivity index (χ0) is 20.8. The van der Waals surface area contributed by atoms with Crippen molar-refractivity contribution in [2.75, 3.05) is 10.6 Å². The molecule has 2 aromatic carbocycles. The Balaban J connectivity index is 1.74. The molecule has 0 saturated heterocycles. The lowest BCUT2D eigenvalue weighted by atomic mass is 10.1. The average Bonchev–Trinajstić information content (AvgIpc) is 3.16. The van der Waals surface area contributed by atoms with Crippen LogP contribution in [0.2, 0.25) is 0 Å². The number of rotatable bonds is 7. The Morgan fingerprint density at radius 1 is 1.07 bits per heavy atom. The third-order valence-electron chi connectivity index (χ3n) is 3.97. The van der Waals surface area contributed by atoms with Crippen LogP contribution in [0.1, 0.15) is 27.9 Å². The monoisotopic (exact) mass is 411 g/mol. The van der Waals surface area contributed by atoms with E-state index in [4.69, 9.17) is 0 Å². The van der Waals surface area contributed by atoms with Crippen molar-refractivity contribution in [3.05, 3.63) is 74.8 Å². The highest BCUT2D eigenvalue weighted by molar-refractivity contribution is 7.15. The third-order valence-corrected chi connectivity index (χ3v) is 4.96. The molecule has 1 aromatic heterocycles. The van der Waals surface area contributed by atoms with Crippen molar-refractivity contribution in [3.63, 3.8) is 0 Å². The smallest absolute Gasteiger partial charge is 0.273 e. The van der Waals surface area contributed by atoms with Crippen LogP contribution in [0.4, 0.5) is 16.5 Å². The maximum atomic E-state index is 12.6. The fourth-order valence-corrected chi connectivity index (χ4v) is 3.28. The highest BCUT2D eigenvalue weighted by Crippen LogP contribution is 2.22. The minimum atomic E-state index is -0.531. The summed E-state index contributed by atoms with van der Waals surface area (Å²) in [5.41, 5.74) is 0.708. The summed E-state index contributed by atoms with van der Waals surface area (Å²) in [5.74, 6) is -0.908. The first-order valence-electron chi connectivity index (χ1n) is 8.72. The predicted molar refractivity (Wildman–Crippen MR) is 109 cm³/mol. The zero-order valence-electron chi connectivity index (χ0n) is 15.4. The first-order valence-corrected chi connectivity index (χ1v) is 9.54. The fraction of sp³-hybridized carbons (Fsp3) is 0.158. The standard InChI is InChI=1S/C19H17N5O4S/c1-2-17-22-23-19(29-17)21-18(26)13-8-4-5-9-14(13)20-16(25)11-12-7-3-6-10-15(12)24(27)28/h3-10H,2,11H2,1H3,(H,20,25)(H,21,23,26). The first-order chi connectivity index (χ1) is 14.0. The number of anilines is 2. The minimum absolute atomic E-state index is 0.128. The molecule has 0 bridgehead atoms. The summed E-state index contributed by atoms with van der Waals surface area (Å²) >= 11 is 1.28. The SMILES string of the molecule is CCc1nnc(NC(=O)c2ccccc2NC(=O)Cc2ccccc2[N+](=O)[O-])s1. The Bertz CT molecular complexity index is 1070. The van der Waals surface area contributed by atoms with Crippen molar-refractivity contribution in [1.82, 2.24) is 10.2 Å². The van der Waals surface area contributed by atoms with Gasteiger partial charge in [-0.15, -0.1) is 10.2 Å². The maximum absolute atomic E-state index is 12.6. The first kappa shape index (κ1) is 20.1. The molecular formula is C19H17N5O4S. The number of aryl methyl sites for hydroxylation is 1. The van der Waals surface area contributed by atoms with Gasteiger partial charge < -0.3 is 5.32 Å². The molecule has 148 valence electrons. The summed E-state index contributed by atoms with van der Waals surface area (Å²) in [6.45, 7) is 1.94. The topological polar surface area (TPSA) is 127 Å². The number of carbonyl (C=O) groups is 2. The Morgan fingerprint density at radius 2 is 1.79 bits per heavy atom. The van der Waals surface area contributed by atoms with E-state index in [2.05, 4.69) is 20.8 Å². The highest BCUT2D eigenvalue weighted by Gasteiger charge is 2.18. The van der Waals surface area contributed by atoms with Gasteiger partial charge in [-0.1, -0.05) is 48.6 Å². The summed E-state index contributed by atoms with van der Waals surface area (Å²) in [7, 11) is 0. The molecule has 29 heavy (non-hydrogen) atoms. The molecule has 0 fully saturated rings. The van der Waals surface area contributed by atoms with Gasteiger partial charge in [-0.3, -0.25) is 25.0 Å². The molecule has 2 amide bonds.